The molecular formula is C14H22N4O2. The molecule has 1 atom stereocenters. The van der Waals surface area contributed by atoms with E-state index in [1.165, 1.54) is 6.20 Å². The summed E-state index contributed by atoms with van der Waals surface area (Å²) < 4.78 is 5.53. The van der Waals surface area contributed by atoms with E-state index in [4.69, 9.17) is 4.74 Å². The zero-order valence-electron chi connectivity index (χ0n) is 12.1. The van der Waals surface area contributed by atoms with Gasteiger partial charge in [-0.3, -0.25) is 4.79 Å². The lowest BCUT2D eigenvalue weighted by Crippen LogP contribution is -2.31. The van der Waals surface area contributed by atoms with Crippen LogP contribution in [0.15, 0.2) is 12.4 Å². The molecule has 1 aromatic rings. The maximum Gasteiger partial charge on any atom is 0.274 e. The van der Waals surface area contributed by atoms with Crippen LogP contribution in [0.5, 0.6) is 0 Å². The Morgan fingerprint density at radius 2 is 2.20 bits per heavy atom. The van der Waals surface area contributed by atoms with Gasteiger partial charge in [-0.25, -0.2) is 9.97 Å². The highest BCUT2D eigenvalue weighted by atomic mass is 16.5. The summed E-state index contributed by atoms with van der Waals surface area (Å²) in [6.45, 7) is 6.83. The van der Waals surface area contributed by atoms with Crippen molar-refractivity contribution in [3.8, 4) is 0 Å². The van der Waals surface area contributed by atoms with Crippen LogP contribution >= 0.6 is 0 Å². The van der Waals surface area contributed by atoms with Gasteiger partial charge in [-0.05, 0) is 26.7 Å². The molecule has 6 nitrogen and oxygen atoms in total. The first-order chi connectivity index (χ1) is 9.74. The van der Waals surface area contributed by atoms with Crippen molar-refractivity contribution in [2.45, 2.75) is 32.8 Å². The summed E-state index contributed by atoms with van der Waals surface area (Å²) in [4.78, 5) is 22.2. The third-order valence-electron chi connectivity index (χ3n) is 3.46. The average Bonchev–Trinajstić information content (AvgIpc) is 3.00. The minimum absolute atomic E-state index is 0.0758. The summed E-state index contributed by atoms with van der Waals surface area (Å²) in [5.41, 5.74) is 0.386. The topological polar surface area (TPSA) is 67.4 Å². The van der Waals surface area contributed by atoms with Gasteiger partial charge in [-0.2, -0.15) is 0 Å². The van der Waals surface area contributed by atoms with Crippen LogP contribution in [0, 0.1) is 0 Å². The first-order valence-electron chi connectivity index (χ1n) is 7.21. The third-order valence-corrected chi connectivity index (χ3v) is 3.46. The summed E-state index contributed by atoms with van der Waals surface area (Å²) in [7, 11) is 0. The van der Waals surface area contributed by atoms with Crippen LogP contribution in [0.4, 0.5) is 5.82 Å². The highest BCUT2D eigenvalue weighted by molar-refractivity contribution is 5.92. The number of carbonyl (C=O) groups excluding carboxylic acids is 1. The Labute approximate surface area is 119 Å². The molecule has 1 unspecified atom stereocenters. The Morgan fingerprint density at radius 1 is 1.40 bits per heavy atom. The maximum atomic E-state index is 12.1. The molecular weight excluding hydrogens is 256 g/mol. The molecule has 1 amide bonds. The molecule has 1 saturated heterocycles. The van der Waals surface area contributed by atoms with Gasteiger partial charge in [0.2, 0.25) is 0 Å². The molecule has 0 radical (unpaired) electrons. The number of aromatic nitrogens is 2. The lowest BCUT2D eigenvalue weighted by molar-refractivity contribution is 0.0766. The molecule has 0 bridgehead atoms. The molecule has 0 aromatic carbocycles. The van der Waals surface area contributed by atoms with E-state index in [1.54, 1.807) is 11.1 Å². The fourth-order valence-corrected chi connectivity index (χ4v) is 2.23. The number of nitrogens with one attached hydrogen (secondary N) is 1. The molecule has 0 spiro atoms. The largest absolute Gasteiger partial charge is 0.376 e. The molecule has 2 heterocycles. The Bertz CT molecular complexity index is 425. The smallest absolute Gasteiger partial charge is 0.274 e. The van der Waals surface area contributed by atoms with Crippen molar-refractivity contribution in [1.29, 1.82) is 0 Å². The standard InChI is InChI=1S/C14H22N4O2/c1-3-18(4-2)14(19)12-9-17-13(10-15-12)16-8-11-6-5-7-20-11/h9-11H,3-8H2,1-2H3,(H,16,17). The molecule has 20 heavy (non-hydrogen) atoms. The van der Waals surface area contributed by atoms with Crippen LogP contribution in [0.1, 0.15) is 37.2 Å². The predicted molar refractivity (Wildman–Crippen MR) is 76.7 cm³/mol. The third kappa shape index (κ3) is 3.66. The second-order valence-corrected chi connectivity index (χ2v) is 4.78. The molecule has 1 N–H and O–H groups in total. The van der Waals surface area contributed by atoms with E-state index in [0.717, 1.165) is 26.0 Å². The van der Waals surface area contributed by atoms with Gasteiger partial charge >= 0.3 is 0 Å². The molecule has 1 fully saturated rings. The van der Waals surface area contributed by atoms with E-state index in [9.17, 15) is 4.79 Å². The summed E-state index contributed by atoms with van der Waals surface area (Å²) in [5.74, 6) is 0.602. The van der Waals surface area contributed by atoms with E-state index < -0.39 is 0 Å². The molecule has 0 aliphatic carbocycles. The summed E-state index contributed by atoms with van der Waals surface area (Å²) in [5, 5.41) is 3.19. The number of nitrogens with zero attached hydrogens (tertiary/aromatic N) is 3. The number of hydrogen-bond donors (Lipinski definition) is 1. The number of hydrogen-bond acceptors (Lipinski definition) is 5. The normalized spacial score (nSPS) is 18.0. The number of ether oxygens (including phenoxy) is 1. The van der Waals surface area contributed by atoms with Gasteiger partial charge in [-0.1, -0.05) is 0 Å². The van der Waals surface area contributed by atoms with Gasteiger partial charge in [0, 0.05) is 26.2 Å². The molecule has 6 heteroatoms. The highest BCUT2D eigenvalue weighted by Gasteiger charge is 2.16. The van der Waals surface area contributed by atoms with Crippen LogP contribution in [-0.4, -0.2) is 53.1 Å². The molecule has 1 aromatic heterocycles. The van der Waals surface area contributed by atoms with Gasteiger partial charge in [0.25, 0.3) is 5.91 Å². The van der Waals surface area contributed by atoms with Crippen molar-refractivity contribution in [2.75, 3.05) is 31.6 Å². The summed E-state index contributed by atoms with van der Waals surface area (Å²) in [6, 6.07) is 0. The van der Waals surface area contributed by atoms with Crippen molar-refractivity contribution >= 4 is 11.7 Å². The molecule has 1 aliphatic heterocycles. The van der Waals surface area contributed by atoms with Crippen molar-refractivity contribution in [3.63, 3.8) is 0 Å². The van der Waals surface area contributed by atoms with E-state index in [1.807, 2.05) is 13.8 Å². The van der Waals surface area contributed by atoms with Crippen LogP contribution < -0.4 is 5.32 Å². The van der Waals surface area contributed by atoms with Gasteiger partial charge in [0.15, 0.2) is 0 Å². The summed E-state index contributed by atoms with van der Waals surface area (Å²) >= 11 is 0. The fourth-order valence-electron chi connectivity index (χ4n) is 2.23. The SMILES string of the molecule is CCN(CC)C(=O)c1cnc(NCC2CCCO2)cn1. The van der Waals surface area contributed by atoms with Gasteiger partial charge in [-0.15, -0.1) is 0 Å². The first-order valence-corrected chi connectivity index (χ1v) is 7.21. The minimum Gasteiger partial charge on any atom is -0.376 e. The lowest BCUT2D eigenvalue weighted by atomic mass is 10.2. The molecule has 0 saturated carbocycles. The Kier molecular flexibility index (Phi) is 5.29. The predicted octanol–water partition coefficient (Wildman–Crippen LogP) is 1.55. The number of carbonyl (C=O) groups is 1. The zero-order valence-corrected chi connectivity index (χ0v) is 12.1. The maximum absolute atomic E-state index is 12.1. The van der Waals surface area contributed by atoms with Crippen molar-refractivity contribution < 1.29 is 9.53 Å². The van der Waals surface area contributed by atoms with Gasteiger partial charge < -0.3 is 15.0 Å². The minimum atomic E-state index is -0.0758. The Balaban J connectivity index is 1.90. The molecule has 110 valence electrons. The van der Waals surface area contributed by atoms with E-state index >= 15 is 0 Å². The van der Waals surface area contributed by atoms with Crippen molar-refractivity contribution in [2.24, 2.45) is 0 Å². The van der Waals surface area contributed by atoms with E-state index in [2.05, 4.69) is 15.3 Å². The van der Waals surface area contributed by atoms with Gasteiger partial charge in [0.1, 0.15) is 11.5 Å². The van der Waals surface area contributed by atoms with Crippen molar-refractivity contribution in [1.82, 2.24) is 14.9 Å². The highest BCUT2D eigenvalue weighted by Crippen LogP contribution is 2.12. The second kappa shape index (κ2) is 7.19. The van der Waals surface area contributed by atoms with Crippen molar-refractivity contribution in [3.05, 3.63) is 18.1 Å². The first kappa shape index (κ1) is 14.7. The second-order valence-electron chi connectivity index (χ2n) is 4.78. The quantitative estimate of drug-likeness (QED) is 0.855. The number of amides is 1. The van der Waals surface area contributed by atoms with Gasteiger partial charge in [0.05, 0.1) is 18.5 Å². The monoisotopic (exact) mass is 278 g/mol. The van der Waals surface area contributed by atoms with E-state index in [-0.39, 0.29) is 12.0 Å². The Morgan fingerprint density at radius 3 is 2.75 bits per heavy atom. The fraction of sp³-hybridized carbons (Fsp3) is 0.643. The number of rotatable bonds is 6. The summed E-state index contributed by atoms with van der Waals surface area (Å²) in [6.07, 6.45) is 5.59. The average molecular weight is 278 g/mol. The number of anilines is 1. The lowest BCUT2D eigenvalue weighted by Gasteiger charge is -2.17. The molecule has 2 rings (SSSR count). The molecule has 1 aliphatic rings. The zero-order chi connectivity index (χ0) is 14.4. The van der Waals surface area contributed by atoms with Crippen LogP contribution in [0.25, 0.3) is 0 Å². The van der Waals surface area contributed by atoms with E-state index in [0.29, 0.717) is 24.6 Å². The van der Waals surface area contributed by atoms with Crippen LogP contribution in [-0.2, 0) is 4.74 Å². The van der Waals surface area contributed by atoms with Crippen LogP contribution in [0.2, 0.25) is 0 Å². The Hall–Kier alpha value is -1.69. The van der Waals surface area contributed by atoms with Crippen LogP contribution in [0.3, 0.4) is 0 Å².